The molecule has 2 aromatic carbocycles. The number of nitrogens with zero attached hydrogens (tertiary/aromatic N) is 2. The molecule has 2 rings (SSSR count). The van der Waals surface area contributed by atoms with Gasteiger partial charge < -0.3 is 0 Å². The van der Waals surface area contributed by atoms with E-state index >= 15 is 0 Å². The van der Waals surface area contributed by atoms with Gasteiger partial charge in [0.25, 0.3) is 11.4 Å². The zero-order chi connectivity index (χ0) is 14.0. The summed E-state index contributed by atoms with van der Waals surface area (Å²) in [7, 11) is 0. The zero-order valence-electron chi connectivity index (χ0n) is 10.1. The van der Waals surface area contributed by atoms with Crippen molar-refractivity contribution in [1.82, 2.24) is 0 Å². The average Bonchev–Trinajstić information content (AvgIpc) is 2.38. The van der Waals surface area contributed by atoms with E-state index in [4.69, 9.17) is 0 Å². The number of non-ortho nitro benzene ring substituents is 2. The molecule has 0 atom stereocenters. The molecule has 0 bridgehead atoms. The Balaban J connectivity index is 2.41. The van der Waals surface area contributed by atoms with Crippen molar-refractivity contribution in [1.29, 1.82) is 0 Å². The predicted molar refractivity (Wildman–Crippen MR) is 69.9 cm³/mol. The number of hydrogen-bond acceptors (Lipinski definition) is 4. The Bertz CT molecular complexity index is 650. The number of nitro groups is 2. The molecule has 6 heteroatoms. The van der Waals surface area contributed by atoms with E-state index in [1.807, 2.05) is 0 Å². The maximum absolute atomic E-state index is 10.7. The van der Waals surface area contributed by atoms with Gasteiger partial charge in [-0.1, -0.05) is 0 Å². The lowest BCUT2D eigenvalue weighted by molar-refractivity contribution is -0.385. The third kappa shape index (κ3) is 2.57. The third-order valence-electron chi connectivity index (χ3n) is 2.81. The minimum atomic E-state index is -0.466. The largest absolute Gasteiger partial charge is 0.269 e. The summed E-state index contributed by atoms with van der Waals surface area (Å²) in [5, 5.41) is 21.2. The highest BCUT2D eigenvalue weighted by Gasteiger charge is 2.10. The first-order chi connectivity index (χ1) is 8.99. The van der Waals surface area contributed by atoms with Crippen LogP contribution in [0.25, 0.3) is 11.1 Å². The van der Waals surface area contributed by atoms with Crippen LogP contribution < -0.4 is 0 Å². The molecule has 19 heavy (non-hydrogen) atoms. The van der Waals surface area contributed by atoms with E-state index in [9.17, 15) is 20.2 Å². The van der Waals surface area contributed by atoms with Crippen molar-refractivity contribution in [3.05, 3.63) is 68.3 Å². The summed E-state index contributed by atoms with van der Waals surface area (Å²) >= 11 is 0. The van der Waals surface area contributed by atoms with Crippen molar-refractivity contribution in [2.24, 2.45) is 0 Å². The summed E-state index contributed by atoms with van der Waals surface area (Å²) in [5.41, 5.74) is 2.41. The Morgan fingerprint density at radius 1 is 0.842 bits per heavy atom. The number of aryl methyl sites for hydroxylation is 1. The third-order valence-corrected chi connectivity index (χ3v) is 2.81. The SMILES string of the molecule is Cc1cc([N+](=O)[O-])ccc1-c1ccc([N+](=O)[O-])cc1. The summed E-state index contributed by atoms with van der Waals surface area (Å²) in [6, 6.07) is 10.6. The van der Waals surface area contributed by atoms with Crippen molar-refractivity contribution in [3.8, 4) is 11.1 Å². The van der Waals surface area contributed by atoms with Crippen LogP contribution in [0.2, 0.25) is 0 Å². The molecule has 0 unspecified atom stereocenters. The fourth-order valence-electron chi connectivity index (χ4n) is 1.85. The molecule has 0 aliphatic rings. The lowest BCUT2D eigenvalue weighted by Gasteiger charge is -2.05. The van der Waals surface area contributed by atoms with Crippen molar-refractivity contribution in [2.75, 3.05) is 0 Å². The molecule has 2 aromatic rings. The van der Waals surface area contributed by atoms with Crippen molar-refractivity contribution in [2.45, 2.75) is 6.92 Å². The van der Waals surface area contributed by atoms with Gasteiger partial charge in [-0.25, -0.2) is 0 Å². The summed E-state index contributed by atoms with van der Waals surface area (Å²) in [6.45, 7) is 1.77. The van der Waals surface area contributed by atoms with Crippen LogP contribution in [0.4, 0.5) is 11.4 Å². The van der Waals surface area contributed by atoms with Gasteiger partial charge in [0.1, 0.15) is 0 Å². The Labute approximate surface area is 108 Å². The molecule has 0 amide bonds. The molecular formula is C13H10N2O4. The van der Waals surface area contributed by atoms with Crippen LogP contribution in [-0.2, 0) is 0 Å². The quantitative estimate of drug-likeness (QED) is 0.622. The van der Waals surface area contributed by atoms with Crippen LogP contribution in [0.15, 0.2) is 42.5 Å². The average molecular weight is 258 g/mol. The molecule has 0 saturated carbocycles. The van der Waals surface area contributed by atoms with E-state index < -0.39 is 9.85 Å². The maximum Gasteiger partial charge on any atom is 0.269 e. The summed E-state index contributed by atoms with van der Waals surface area (Å²) in [6.07, 6.45) is 0. The summed E-state index contributed by atoms with van der Waals surface area (Å²) in [5.74, 6) is 0. The van der Waals surface area contributed by atoms with Gasteiger partial charge in [-0.3, -0.25) is 20.2 Å². The van der Waals surface area contributed by atoms with Gasteiger partial charge >= 0.3 is 0 Å². The van der Waals surface area contributed by atoms with E-state index in [0.717, 1.165) is 16.7 Å². The van der Waals surface area contributed by atoms with Crippen LogP contribution in [0, 0.1) is 27.2 Å². The fraction of sp³-hybridized carbons (Fsp3) is 0.0769. The highest BCUT2D eigenvalue weighted by Crippen LogP contribution is 2.28. The predicted octanol–water partition coefficient (Wildman–Crippen LogP) is 3.48. The lowest BCUT2D eigenvalue weighted by atomic mass is 10.00. The minimum absolute atomic E-state index is 0.0170. The second-order valence-corrected chi connectivity index (χ2v) is 4.06. The smallest absolute Gasteiger partial charge is 0.258 e. The first kappa shape index (κ1) is 12.7. The van der Waals surface area contributed by atoms with Gasteiger partial charge in [0, 0.05) is 24.3 Å². The Hall–Kier alpha value is -2.76. The molecule has 0 heterocycles. The first-order valence-electron chi connectivity index (χ1n) is 5.49. The monoisotopic (exact) mass is 258 g/mol. The van der Waals surface area contributed by atoms with Crippen molar-refractivity contribution >= 4 is 11.4 Å². The zero-order valence-corrected chi connectivity index (χ0v) is 10.1. The topological polar surface area (TPSA) is 86.3 Å². The molecule has 0 aliphatic carbocycles. The number of rotatable bonds is 3. The van der Waals surface area contributed by atoms with E-state index in [0.29, 0.717) is 0 Å². The Morgan fingerprint density at radius 3 is 1.84 bits per heavy atom. The van der Waals surface area contributed by atoms with Gasteiger partial charge in [0.15, 0.2) is 0 Å². The maximum atomic E-state index is 10.7. The van der Waals surface area contributed by atoms with Gasteiger partial charge in [0.2, 0.25) is 0 Å². The van der Waals surface area contributed by atoms with Gasteiger partial charge in [-0.15, -0.1) is 0 Å². The molecule has 0 fully saturated rings. The van der Waals surface area contributed by atoms with E-state index in [1.165, 1.54) is 24.3 Å². The summed E-state index contributed by atoms with van der Waals surface area (Å²) < 4.78 is 0. The van der Waals surface area contributed by atoms with E-state index in [2.05, 4.69) is 0 Å². The lowest BCUT2D eigenvalue weighted by Crippen LogP contribution is -1.91. The standard InChI is InChI=1S/C13H10N2O4/c1-9-8-12(15(18)19)6-7-13(9)10-2-4-11(5-3-10)14(16)17/h2-8H,1H3. The molecule has 6 nitrogen and oxygen atoms in total. The van der Waals surface area contributed by atoms with Crippen molar-refractivity contribution < 1.29 is 9.85 Å². The van der Waals surface area contributed by atoms with Crippen LogP contribution in [0.1, 0.15) is 5.56 Å². The molecule has 0 radical (unpaired) electrons. The summed E-state index contributed by atoms with van der Waals surface area (Å²) in [4.78, 5) is 20.3. The molecule has 0 aromatic heterocycles. The number of nitro benzene ring substituents is 2. The van der Waals surface area contributed by atoms with E-state index in [-0.39, 0.29) is 11.4 Å². The minimum Gasteiger partial charge on any atom is -0.258 e. The molecule has 0 spiro atoms. The van der Waals surface area contributed by atoms with Crippen LogP contribution in [0.3, 0.4) is 0 Å². The molecular weight excluding hydrogens is 248 g/mol. The van der Waals surface area contributed by atoms with Crippen LogP contribution >= 0.6 is 0 Å². The molecule has 96 valence electrons. The second kappa shape index (κ2) is 4.85. The van der Waals surface area contributed by atoms with Crippen LogP contribution in [-0.4, -0.2) is 9.85 Å². The number of benzene rings is 2. The van der Waals surface area contributed by atoms with Crippen LogP contribution in [0.5, 0.6) is 0 Å². The molecule has 0 aliphatic heterocycles. The van der Waals surface area contributed by atoms with Gasteiger partial charge in [-0.05, 0) is 41.8 Å². The fourth-order valence-corrected chi connectivity index (χ4v) is 1.85. The highest BCUT2D eigenvalue weighted by molar-refractivity contribution is 5.69. The normalized spacial score (nSPS) is 10.2. The molecule has 0 N–H and O–H groups in total. The van der Waals surface area contributed by atoms with E-state index in [1.54, 1.807) is 25.1 Å². The second-order valence-electron chi connectivity index (χ2n) is 4.06. The Morgan fingerprint density at radius 2 is 1.37 bits per heavy atom. The van der Waals surface area contributed by atoms with Crippen molar-refractivity contribution in [3.63, 3.8) is 0 Å². The highest BCUT2D eigenvalue weighted by atomic mass is 16.6. The first-order valence-corrected chi connectivity index (χ1v) is 5.49. The van der Waals surface area contributed by atoms with Gasteiger partial charge in [0.05, 0.1) is 9.85 Å². The Kier molecular flexibility index (Phi) is 3.24. The number of hydrogen-bond donors (Lipinski definition) is 0. The molecule has 0 saturated heterocycles. The van der Waals surface area contributed by atoms with Gasteiger partial charge in [-0.2, -0.15) is 0 Å².